The van der Waals surface area contributed by atoms with Crippen molar-refractivity contribution >= 4 is 17.4 Å². The van der Waals surface area contributed by atoms with Gasteiger partial charge in [0.15, 0.2) is 0 Å². The predicted octanol–water partition coefficient (Wildman–Crippen LogP) is 2.28. The van der Waals surface area contributed by atoms with Crippen LogP contribution in [0, 0.1) is 5.82 Å². The summed E-state index contributed by atoms with van der Waals surface area (Å²) < 4.78 is 13.3. The van der Waals surface area contributed by atoms with E-state index in [4.69, 9.17) is 5.73 Å². The SMILES string of the molecule is Nc1cccc(CN2C(=O)CCc3cc(F)ccc32)n1. The number of anilines is 2. The Morgan fingerprint density at radius 3 is 2.90 bits per heavy atom. The average Bonchev–Trinajstić information content (AvgIpc) is 2.42. The minimum atomic E-state index is -0.278. The number of halogens is 1. The summed E-state index contributed by atoms with van der Waals surface area (Å²) in [6, 6.07) is 9.83. The van der Waals surface area contributed by atoms with Crippen molar-refractivity contribution in [1.29, 1.82) is 0 Å². The lowest BCUT2D eigenvalue weighted by molar-refractivity contribution is -0.119. The molecule has 3 rings (SSSR count). The second kappa shape index (κ2) is 4.92. The molecule has 5 heteroatoms. The van der Waals surface area contributed by atoms with Crippen LogP contribution in [0.5, 0.6) is 0 Å². The summed E-state index contributed by atoms with van der Waals surface area (Å²) >= 11 is 0. The monoisotopic (exact) mass is 271 g/mol. The van der Waals surface area contributed by atoms with Gasteiger partial charge < -0.3 is 10.6 Å². The van der Waals surface area contributed by atoms with Crippen LogP contribution in [-0.4, -0.2) is 10.9 Å². The van der Waals surface area contributed by atoms with E-state index in [2.05, 4.69) is 4.98 Å². The number of benzene rings is 1. The van der Waals surface area contributed by atoms with Crippen molar-refractivity contribution in [3.63, 3.8) is 0 Å². The van der Waals surface area contributed by atoms with Gasteiger partial charge in [0.2, 0.25) is 5.91 Å². The number of aryl methyl sites for hydroxylation is 1. The van der Waals surface area contributed by atoms with Crippen molar-refractivity contribution in [2.24, 2.45) is 0 Å². The molecule has 2 aromatic rings. The van der Waals surface area contributed by atoms with Gasteiger partial charge in [0.1, 0.15) is 11.6 Å². The lowest BCUT2D eigenvalue weighted by Gasteiger charge is -2.29. The quantitative estimate of drug-likeness (QED) is 0.911. The molecule has 1 aromatic heterocycles. The van der Waals surface area contributed by atoms with Crippen LogP contribution in [0.25, 0.3) is 0 Å². The normalized spacial score (nSPS) is 14.2. The van der Waals surface area contributed by atoms with Crippen molar-refractivity contribution in [2.45, 2.75) is 19.4 Å². The fraction of sp³-hybridized carbons (Fsp3) is 0.200. The van der Waals surface area contributed by atoms with E-state index in [1.807, 2.05) is 6.07 Å². The molecule has 2 N–H and O–H groups in total. The van der Waals surface area contributed by atoms with Crippen molar-refractivity contribution in [2.75, 3.05) is 10.6 Å². The highest BCUT2D eigenvalue weighted by atomic mass is 19.1. The molecule has 20 heavy (non-hydrogen) atoms. The average molecular weight is 271 g/mol. The second-order valence-electron chi connectivity index (χ2n) is 4.81. The summed E-state index contributed by atoms with van der Waals surface area (Å²) in [5.74, 6) is 0.166. The van der Waals surface area contributed by atoms with Crippen molar-refractivity contribution in [3.8, 4) is 0 Å². The van der Waals surface area contributed by atoms with E-state index in [0.717, 1.165) is 16.9 Å². The molecule has 0 saturated heterocycles. The molecule has 0 aliphatic carbocycles. The highest BCUT2D eigenvalue weighted by Gasteiger charge is 2.24. The summed E-state index contributed by atoms with van der Waals surface area (Å²) in [6.45, 7) is 0.350. The van der Waals surface area contributed by atoms with Crippen LogP contribution in [0.15, 0.2) is 36.4 Å². The van der Waals surface area contributed by atoms with Gasteiger partial charge in [-0.05, 0) is 42.3 Å². The minimum absolute atomic E-state index is 0.0216. The molecular weight excluding hydrogens is 257 g/mol. The van der Waals surface area contributed by atoms with E-state index < -0.39 is 0 Å². The van der Waals surface area contributed by atoms with Crippen LogP contribution in [0.1, 0.15) is 17.7 Å². The topological polar surface area (TPSA) is 59.2 Å². The molecule has 0 unspecified atom stereocenters. The van der Waals surface area contributed by atoms with Crippen LogP contribution >= 0.6 is 0 Å². The molecule has 4 nitrogen and oxygen atoms in total. The number of rotatable bonds is 2. The fourth-order valence-corrected chi connectivity index (χ4v) is 2.45. The lowest BCUT2D eigenvalue weighted by atomic mass is 10.0. The molecule has 0 saturated carbocycles. The van der Waals surface area contributed by atoms with E-state index in [0.29, 0.717) is 25.2 Å². The second-order valence-corrected chi connectivity index (χ2v) is 4.81. The summed E-state index contributed by atoms with van der Waals surface area (Å²) in [4.78, 5) is 17.9. The third-order valence-electron chi connectivity index (χ3n) is 3.39. The van der Waals surface area contributed by atoms with Gasteiger partial charge in [0.25, 0.3) is 0 Å². The first-order valence-electron chi connectivity index (χ1n) is 6.44. The van der Waals surface area contributed by atoms with Crippen molar-refractivity contribution in [1.82, 2.24) is 4.98 Å². The van der Waals surface area contributed by atoms with Gasteiger partial charge in [0, 0.05) is 12.1 Å². The summed E-state index contributed by atoms with van der Waals surface area (Å²) in [6.07, 6.45) is 0.964. The number of pyridine rings is 1. The number of nitrogens with two attached hydrogens (primary N) is 1. The Morgan fingerprint density at radius 2 is 2.10 bits per heavy atom. The minimum Gasteiger partial charge on any atom is -0.384 e. The van der Waals surface area contributed by atoms with Crippen LogP contribution in [-0.2, 0) is 17.8 Å². The smallest absolute Gasteiger partial charge is 0.227 e. The fourth-order valence-electron chi connectivity index (χ4n) is 2.45. The number of carbonyl (C=O) groups excluding carboxylic acids is 1. The molecule has 0 spiro atoms. The molecule has 0 bridgehead atoms. The maximum absolute atomic E-state index is 13.3. The summed E-state index contributed by atoms with van der Waals surface area (Å²) in [5.41, 5.74) is 7.98. The largest absolute Gasteiger partial charge is 0.384 e. The zero-order valence-electron chi connectivity index (χ0n) is 10.8. The third-order valence-corrected chi connectivity index (χ3v) is 3.39. The molecule has 0 atom stereocenters. The number of amides is 1. The Hall–Kier alpha value is -2.43. The van der Waals surface area contributed by atoms with Crippen LogP contribution < -0.4 is 10.6 Å². The van der Waals surface area contributed by atoms with Crippen molar-refractivity contribution in [3.05, 3.63) is 53.5 Å². The van der Waals surface area contributed by atoms with Crippen LogP contribution in [0.4, 0.5) is 15.9 Å². The Bertz CT molecular complexity index is 672. The van der Waals surface area contributed by atoms with E-state index in [1.165, 1.54) is 12.1 Å². The number of aromatic nitrogens is 1. The third kappa shape index (κ3) is 2.34. The first-order chi connectivity index (χ1) is 9.63. The molecule has 0 fully saturated rings. The van der Waals surface area contributed by atoms with Gasteiger partial charge in [-0.3, -0.25) is 4.79 Å². The Balaban J connectivity index is 1.95. The molecule has 0 radical (unpaired) electrons. The first kappa shape index (κ1) is 12.6. The Labute approximate surface area is 116 Å². The van der Waals surface area contributed by atoms with Crippen LogP contribution in [0.3, 0.4) is 0 Å². The van der Waals surface area contributed by atoms with E-state index in [9.17, 15) is 9.18 Å². The molecule has 2 heterocycles. The number of hydrogen-bond donors (Lipinski definition) is 1. The highest BCUT2D eigenvalue weighted by Crippen LogP contribution is 2.29. The number of carbonyl (C=O) groups is 1. The Morgan fingerprint density at radius 1 is 1.25 bits per heavy atom. The number of hydrogen-bond acceptors (Lipinski definition) is 3. The predicted molar refractivity (Wildman–Crippen MR) is 74.6 cm³/mol. The van der Waals surface area contributed by atoms with Gasteiger partial charge in [0.05, 0.1) is 12.2 Å². The van der Waals surface area contributed by atoms with Crippen molar-refractivity contribution < 1.29 is 9.18 Å². The van der Waals surface area contributed by atoms with Crippen LogP contribution in [0.2, 0.25) is 0 Å². The summed E-state index contributed by atoms with van der Waals surface area (Å²) in [5, 5.41) is 0. The molecule has 1 amide bonds. The molecular formula is C15H14FN3O. The number of fused-ring (bicyclic) bond motifs is 1. The standard InChI is InChI=1S/C15H14FN3O/c16-11-5-6-13-10(8-11)4-7-15(20)19(13)9-12-2-1-3-14(17)18-12/h1-3,5-6,8H,4,7,9H2,(H2,17,18). The van der Waals surface area contributed by atoms with Gasteiger partial charge in [-0.2, -0.15) is 0 Å². The maximum Gasteiger partial charge on any atom is 0.227 e. The van der Waals surface area contributed by atoms with E-state index in [-0.39, 0.29) is 11.7 Å². The number of nitrogen functional groups attached to an aromatic ring is 1. The lowest BCUT2D eigenvalue weighted by Crippen LogP contribution is -2.34. The van der Waals surface area contributed by atoms with E-state index >= 15 is 0 Å². The number of nitrogens with zero attached hydrogens (tertiary/aromatic N) is 2. The summed E-state index contributed by atoms with van der Waals surface area (Å²) in [7, 11) is 0. The zero-order chi connectivity index (χ0) is 14.1. The molecule has 1 aromatic carbocycles. The molecule has 1 aliphatic rings. The van der Waals surface area contributed by atoms with Gasteiger partial charge in [-0.15, -0.1) is 0 Å². The first-order valence-corrected chi connectivity index (χ1v) is 6.44. The van der Waals surface area contributed by atoms with Gasteiger partial charge in [-0.25, -0.2) is 9.37 Å². The Kier molecular flexibility index (Phi) is 3.10. The maximum atomic E-state index is 13.3. The van der Waals surface area contributed by atoms with Gasteiger partial charge >= 0.3 is 0 Å². The zero-order valence-corrected chi connectivity index (χ0v) is 10.8. The molecule has 1 aliphatic heterocycles. The van der Waals surface area contributed by atoms with Gasteiger partial charge in [-0.1, -0.05) is 6.07 Å². The highest BCUT2D eigenvalue weighted by molar-refractivity contribution is 5.96. The molecule has 102 valence electrons. The van der Waals surface area contributed by atoms with E-state index in [1.54, 1.807) is 23.1 Å².